The molecule has 0 bridgehead atoms. The number of carbonyl (C=O) groups is 1. The highest BCUT2D eigenvalue weighted by molar-refractivity contribution is 5.95. The van der Waals surface area contributed by atoms with Crippen molar-refractivity contribution in [1.29, 1.82) is 0 Å². The van der Waals surface area contributed by atoms with E-state index in [1.165, 1.54) is 0 Å². The molecule has 0 spiro atoms. The van der Waals surface area contributed by atoms with Crippen LogP contribution in [0.3, 0.4) is 0 Å². The fourth-order valence-corrected chi connectivity index (χ4v) is 1.26. The van der Waals surface area contributed by atoms with Crippen LogP contribution in [0.15, 0.2) is 23.8 Å². The molecule has 1 aliphatic heterocycles. The van der Waals surface area contributed by atoms with E-state index in [0.29, 0.717) is 5.92 Å². The molecule has 0 aromatic heterocycles. The molecule has 1 heterocycles. The summed E-state index contributed by atoms with van der Waals surface area (Å²) >= 11 is 0. The Hall–Kier alpha value is -1.09. The first-order chi connectivity index (χ1) is 4.88. The molecule has 10 heavy (non-hydrogen) atoms. The van der Waals surface area contributed by atoms with Gasteiger partial charge < -0.3 is 0 Å². The average Bonchev–Trinajstić information content (AvgIpc) is 2.36. The summed E-state index contributed by atoms with van der Waals surface area (Å²) in [5.74, 6) is 0.301. The van der Waals surface area contributed by atoms with Crippen molar-refractivity contribution >= 4 is 5.91 Å². The van der Waals surface area contributed by atoms with Crippen LogP contribution in [0.2, 0.25) is 0 Å². The Morgan fingerprint density at radius 2 is 2.50 bits per heavy atom. The van der Waals surface area contributed by atoms with E-state index >= 15 is 0 Å². The topological polar surface area (TPSA) is 41.1 Å². The third kappa shape index (κ3) is 0.675. The van der Waals surface area contributed by atoms with Crippen LogP contribution in [0.25, 0.3) is 0 Å². The van der Waals surface area contributed by atoms with Crippen LogP contribution >= 0.6 is 0 Å². The van der Waals surface area contributed by atoms with Crippen molar-refractivity contribution in [2.24, 2.45) is 5.92 Å². The average molecular weight is 136 g/mol. The van der Waals surface area contributed by atoms with Gasteiger partial charge in [0.25, 0.3) is 5.91 Å². The largest absolute Gasteiger partial charge is 0.288 e. The van der Waals surface area contributed by atoms with Crippen LogP contribution in [-0.4, -0.2) is 12.5 Å². The molecule has 2 aliphatic rings. The zero-order valence-corrected chi connectivity index (χ0v) is 5.42. The highest BCUT2D eigenvalue weighted by Crippen LogP contribution is 2.19. The van der Waals surface area contributed by atoms with Gasteiger partial charge in [-0.15, -0.1) is 0 Å². The SMILES string of the molecule is O=C1NNCC2C=CC=C12. The summed E-state index contributed by atoms with van der Waals surface area (Å²) in [6, 6.07) is 0. The van der Waals surface area contributed by atoms with Crippen molar-refractivity contribution in [3.63, 3.8) is 0 Å². The van der Waals surface area contributed by atoms with E-state index in [-0.39, 0.29) is 5.91 Å². The van der Waals surface area contributed by atoms with Crippen molar-refractivity contribution in [2.45, 2.75) is 0 Å². The maximum atomic E-state index is 11.0. The Balaban J connectivity index is 2.28. The molecule has 0 aromatic rings. The van der Waals surface area contributed by atoms with Gasteiger partial charge in [-0.2, -0.15) is 0 Å². The molecule has 1 saturated heterocycles. The molecule has 1 aliphatic carbocycles. The van der Waals surface area contributed by atoms with Gasteiger partial charge >= 0.3 is 0 Å². The molecule has 52 valence electrons. The standard InChI is InChI=1S/C7H8N2O/c10-7-6-3-1-2-5(6)4-8-9-7/h1-3,5,8H,4H2,(H,9,10). The predicted octanol–water partition coefficient (Wildman–Crippen LogP) is -0.267. The van der Waals surface area contributed by atoms with Crippen molar-refractivity contribution in [3.8, 4) is 0 Å². The molecule has 1 unspecified atom stereocenters. The molecule has 3 nitrogen and oxygen atoms in total. The summed E-state index contributed by atoms with van der Waals surface area (Å²) in [7, 11) is 0. The molecule has 2 rings (SSSR count). The van der Waals surface area contributed by atoms with E-state index in [0.717, 1.165) is 12.1 Å². The van der Waals surface area contributed by atoms with Crippen LogP contribution < -0.4 is 10.9 Å². The first-order valence-electron chi connectivity index (χ1n) is 3.29. The van der Waals surface area contributed by atoms with E-state index in [1.54, 1.807) is 0 Å². The number of hydrogen-bond acceptors (Lipinski definition) is 2. The summed E-state index contributed by atoms with van der Waals surface area (Å²) in [5, 5.41) is 0. The van der Waals surface area contributed by atoms with E-state index in [9.17, 15) is 4.79 Å². The van der Waals surface area contributed by atoms with Gasteiger partial charge in [0.2, 0.25) is 0 Å². The van der Waals surface area contributed by atoms with Gasteiger partial charge in [0, 0.05) is 18.0 Å². The molecule has 0 saturated carbocycles. The number of rotatable bonds is 0. The number of amides is 1. The minimum atomic E-state index is 0.00116. The Bertz CT molecular complexity index is 230. The van der Waals surface area contributed by atoms with E-state index in [1.807, 2.05) is 18.2 Å². The van der Waals surface area contributed by atoms with Crippen LogP contribution in [0, 0.1) is 5.92 Å². The van der Waals surface area contributed by atoms with E-state index in [4.69, 9.17) is 0 Å². The van der Waals surface area contributed by atoms with E-state index < -0.39 is 0 Å². The lowest BCUT2D eigenvalue weighted by Gasteiger charge is -2.20. The lowest BCUT2D eigenvalue weighted by molar-refractivity contribution is -0.119. The van der Waals surface area contributed by atoms with Crippen LogP contribution in [0.5, 0.6) is 0 Å². The number of carbonyl (C=O) groups excluding carboxylic acids is 1. The van der Waals surface area contributed by atoms with Gasteiger partial charge in [0.05, 0.1) is 0 Å². The predicted molar refractivity (Wildman–Crippen MR) is 36.9 cm³/mol. The first kappa shape index (κ1) is 5.68. The maximum absolute atomic E-state index is 11.0. The summed E-state index contributed by atoms with van der Waals surface area (Å²) in [6.45, 7) is 0.814. The monoisotopic (exact) mass is 136 g/mol. The minimum Gasteiger partial charge on any atom is -0.288 e. The van der Waals surface area contributed by atoms with Crippen molar-refractivity contribution < 1.29 is 4.79 Å². The second-order valence-corrected chi connectivity index (χ2v) is 2.45. The van der Waals surface area contributed by atoms with Gasteiger partial charge in [-0.25, -0.2) is 5.43 Å². The Morgan fingerprint density at radius 1 is 1.60 bits per heavy atom. The minimum absolute atomic E-state index is 0.00116. The zero-order chi connectivity index (χ0) is 6.97. The van der Waals surface area contributed by atoms with E-state index in [2.05, 4.69) is 10.9 Å². The van der Waals surface area contributed by atoms with Gasteiger partial charge in [-0.3, -0.25) is 10.2 Å². The number of hydrogen-bond donors (Lipinski definition) is 2. The Morgan fingerprint density at radius 3 is 3.30 bits per heavy atom. The maximum Gasteiger partial charge on any atom is 0.261 e. The van der Waals surface area contributed by atoms with Gasteiger partial charge in [0.1, 0.15) is 0 Å². The highest BCUT2D eigenvalue weighted by Gasteiger charge is 2.24. The first-order valence-corrected chi connectivity index (χ1v) is 3.29. The number of allylic oxidation sites excluding steroid dienone is 2. The fraction of sp³-hybridized carbons (Fsp3) is 0.286. The smallest absolute Gasteiger partial charge is 0.261 e. The molecule has 0 radical (unpaired) electrons. The second kappa shape index (κ2) is 1.95. The second-order valence-electron chi connectivity index (χ2n) is 2.45. The van der Waals surface area contributed by atoms with Crippen molar-refractivity contribution in [2.75, 3.05) is 6.54 Å². The Labute approximate surface area is 58.8 Å². The number of nitrogens with one attached hydrogen (secondary N) is 2. The molecule has 1 amide bonds. The molecular formula is C7H8N2O. The highest BCUT2D eigenvalue weighted by atomic mass is 16.2. The van der Waals surface area contributed by atoms with Gasteiger partial charge in [0.15, 0.2) is 0 Å². The lowest BCUT2D eigenvalue weighted by Crippen LogP contribution is -2.47. The van der Waals surface area contributed by atoms with Crippen molar-refractivity contribution in [1.82, 2.24) is 10.9 Å². The summed E-state index contributed by atoms with van der Waals surface area (Å²) in [4.78, 5) is 11.0. The molecule has 1 atom stereocenters. The van der Waals surface area contributed by atoms with Crippen LogP contribution in [-0.2, 0) is 4.79 Å². The third-order valence-corrected chi connectivity index (χ3v) is 1.80. The van der Waals surface area contributed by atoms with Gasteiger partial charge in [-0.1, -0.05) is 18.2 Å². The third-order valence-electron chi connectivity index (χ3n) is 1.80. The quantitative estimate of drug-likeness (QED) is 0.481. The normalized spacial score (nSPS) is 29.4. The van der Waals surface area contributed by atoms with Gasteiger partial charge in [-0.05, 0) is 0 Å². The molecule has 1 fully saturated rings. The summed E-state index contributed by atoms with van der Waals surface area (Å²) < 4.78 is 0. The fourth-order valence-electron chi connectivity index (χ4n) is 1.26. The molecular weight excluding hydrogens is 128 g/mol. The van der Waals surface area contributed by atoms with Crippen LogP contribution in [0.4, 0.5) is 0 Å². The summed E-state index contributed by atoms with van der Waals surface area (Å²) in [5.41, 5.74) is 6.24. The Kier molecular flexibility index (Phi) is 1.11. The molecule has 2 N–H and O–H groups in total. The number of hydrazine groups is 1. The molecule has 3 heteroatoms. The van der Waals surface area contributed by atoms with Crippen molar-refractivity contribution in [3.05, 3.63) is 23.8 Å². The summed E-state index contributed by atoms with van der Waals surface area (Å²) in [6.07, 6.45) is 5.81. The zero-order valence-electron chi connectivity index (χ0n) is 5.42. The number of fused-ring (bicyclic) bond motifs is 1. The lowest BCUT2D eigenvalue weighted by atomic mass is 10.0. The van der Waals surface area contributed by atoms with Crippen LogP contribution in [0.1, 0.15) is 0 Å². The molecule has 0 aromatic carbocycles.